The van der Waals surface area contributed by atoms with Gasteiger partial charge in [-0.1, -0.05) is 54.1 Å². The lowest BCUT2D eigenvalue weighted by Crippen LogP contribution is -2.02. The molecular formula is C21H19ClFNO2. The molecule has 2 N–H and O–H groups in total. The summed E-state index contributed by atoms with van der Waals surface area (Å²) in [5.74, 6) is 0.832. The highest BCUT2D eigenvalue weighted by molar-refractivity contribution is 6.32. The van der Waals surface area contributed by atoms with Crippen LogP contribution in [0.3, 0.4) is 0 Å². The highest BCUT2D eigenvalue weighted by atomic mass is 35.5. The Morgan fingerprint density at radius 3 is 2.46 bits per heavy atom. The number of para-hydroxylation sites is 1. The van der Waals surface area contributed by atoms with Crippen molar-refractivity contribution in [1.29, 1.82) is 0 Å². The van der Waals surface area contributed by atoms with E-state index in [1.54, 1.807) is 37.4 Å². The molecule has 0 fully saturated rings. The van der Waals surface area contributed by atoms with E-state index in [1.165, 1.54) is 6.07 Å². The Morgan fingerprint density at radius 2 is 1.77 bits per heavy atom. The third-order valence-electron chi connectivity index (χ3n) is 4.08. The molecule has 0 spiro atoms. The van der Waals surface area contributed by atoms with Crippen LogP contribution in [-0.4, -0.2) is 7.11 Å². The SMILES string of the molecule is COc1c(COc2ccc(CN)cc2Cl)cccc1-c1ccccc1F. The first-order valence-electron chi connectivity index (χ1n) is 8.16. The van der Waals surface area contributed by atoms with Crippen molar-refractivity contribution in [2.24, 2.45) is 5.73 Å². The summed E-state index contributed by atoms with van der Waals surface area (Å²) >= 11 is 6.23. The molecule has 0 atom stereocenters. The summed E-state index contributed by atoms with van der Waals surface area (Å²) in [5, 5.41) is 0.497. The van der Waals surface area contributed by atoms with Crippen molar-refractivity contribution in [3.8, 4) is 22.6 Å². The predicted octanol–water partition coefficient (Wildman–Crippen LogP) is 5.19. The number of hydrogen-bond donors (Lipinski definition) is 1. The van der Waals surface area contributed by atoms with Crippen molar-refractivity contribution in [3.05, 3.63) is 82.6 Å². The molecule has 0 saturated heterocycles. The Bertz CT molecular complexity index is 914. The normalized spacial score (nSPS) is 10.6. The van der Waals surface area contributed by atoms with Crippen molar-refractivity contribution in [3.63, 3.8) is 0 Å². The van der Waals surface area contributed by atoms with E-state index in [4.69, 9.17) is 26.8 Å². The van der Waals surface area contributed by atoms with Crippen LogP contribution < -0.4 is 15.2 Å². The number of hydrogen-bond acceptors (Lipinski definition) is 3. The van der Waals surface area contributed by atoms with Crippen molar-refractivity contribution in [2.75, 3.05) is 7.11 Å². The molecule has 0 aromatic heterocycles. The maximum absolute atomic E-state index is 14.2. The summed E-state index contributed by atoms with van der Waals surface area (Å²) in [7, 11) is 1.56. The van der Waals surface area contributed by atoms with Gasteiger partial charge in [0.15, 0.2) is 0 Å². The van der Waals surface area contributed by atoms with E-state index < -0.39 is 0 Å². The highest BCUT2D eigenvalue weighted by Gasteiger charge is 2.14. The first-order valence-corrected chi connectivity index (χ1v) is 8.54. The molecule has 0 saturated carbocycles. The van der Waals surface area contributed by atoms with Crippen LogP contribution >= 0.6 is 11.6 Å². The largest absolute Gasteiger partial charge is 0.496 e. The van der Waals surface area contributed by atoms with E-state index in [0.717, 1.165) is 11.1 Å². The van der Waals surface area contributed by atoms with Crippen molar-refractivity contribution < 1.29 is 13.9 Å². The topological polar surface area (TPSA) is 44.5 Å². The van der Waals surface area contributed by atoms with Gasteiger partial charge in [-0.15, -0.1) is 0 Å². The molecule has 3 aromatic rings. The standard InChI is InChI=1S/C21H19ClFNO2/c1-25-21-15(13-26-20-10-9-14(12-24)11-18(20)22)5-4-7-17(21)16-6-2-3-8-19(16)23/h2-11H,12-13,24H2,1H3. The average Bonchev–Trinajstić information content (AvgIpc) is 2.67. The van der Waals surface area contributed by atoms with Crippen molar-refractivity contribution in [1.82, 2.24) is 0 Å². The van der Waals surface area contributed by atoms with E-state index in [1.807, 2.05) is 24.3 Å². The maximum atomic E-state index is 14.2. The Labute approximate surface area is 157 Å². The lowest BCUT2D eigenvalue weighted by molar-refractivity contribution is 0.297. The van der Waals surface area contributed by atoms with Crippen LogP contribution in [0.4, 0.5) is 4.39 Å². The van der Waals surface area contributed by atoms with Gasteiger partial charge in [0.1, 0.15) is 23.9 Å². The minimum Gasteiger partial charge on any atom is -0.496 e. The lowest BCUT2D eigenvalue weighted by Gasteiger charge is -2.15. The van der Waals surface area contributed by atoms with Gasteiger partial charge in [-0.2, -0.15) is 0 Å². The van der Waals surface area contributed by atoms with Gasteiger partial charge in [0, 0.05) is 23.2 Å². The number of rotatable bonds is 6. The van der Waals surface area contributed by atoms with Crippen molar-refractivity contribution in [2.45, 2.75) is 13.2 Å². The monoisotopic (exact) mass is 371 g/mol. The van der Waals surface area contributed by atoms with E-state index in [-0.39, 0.29) is 12.4 Å². The number of methoxy groups -OCH3 is 1. The first-order chi connectivity index (χ1) is 12.6. The zero-order valence-corrected chi connectivity index (χ0v) is 15.1. The van der Waals surface area contributed by atoms with Gasteiger partial charge in [0.05, 0.1) is 12.1 Å². The Balaban J connectivity index is 1.89. The number of benzene rings is 3. The molecule has 0 amide bonds. The summed E-state index contributed by atoms with van der Waals surface area (Å²) < 4.78 is 25.6. The quantitative estimate of drug-likeness (QED) is 0.648. The predicted molar refractivity (Wildman–Crippen MR) is 102 cm³/mol. The molecule has 5 heteroatoms. The Hall–Kier alpha value is -2.56. The lowest BCUT2D eigenvalue weighted by atomic mass is 10.0. The van der Waals surface area contributed by atoms with Crippen LogP contribution in [0.1, 0.15) is 11.1 Å². The average molecular weight is 372 g/mol. The van der Waals surface area contributed by atoms with Gasteiger partial charge < -0.3 is 15.2 Å². The molecule has 0 bridgehead atoms. The fourth-order valence-corrected chi connectivity index (χ4v) is 3.03. The minimum absolute atomic E-state index is 0.243. The maximum Gasteiger partial charge on any atom is 0.138 e. The van der Waals surface area contributed by atoms with Crippen LogP contribution in [0.2, 0.25) is 5.02 Å². The number of nitrogens with two attached hydrogens (primary N) is 1. The molecule has 3 nitrogen and oxygen atoms in total. The van der Waals surface area contributed by atoms with Crippen LogP contribution in [0, 0.1) is 5.82 Å². The zero-order valence-electron chi connectivity index (χ0n) is 14.3. The van der Waals surface area contributed by atoms with Crippen LogP contribution in [-0.2, 0) is 13.2 Å². The molecule has 0 heterocycles. The second kappa shape index (κ2) is 8.21. The van der Waals surface area contributed by atoms with Crippen LogP contribution in [0.25, 0.3) is 11.1 Å². The molecular weight excluding hydrogens is 353 g/mol. The number of halogens is 2. The molecule has 0 radical (unpaired) electrons. The fraction of sp³-hybridized carbons (Fsp3) is 0.143. The second-order valence-corrected chi connectivity index (χ2v) is 6.14. The van der Waals surface area contributed by atoms with Gasteiger partial charge in [-0.25, -0.2) is 4.39 Å². The highest BCUT2D eigenvalue weighted by Crippen LogP contribution is 2.35. The molecule has 3 rings (SSSR count). The summed E-state index contributed by atoms with van der Waals surface area (Å²) in [5.41, 5.74) is 8.50. The summed E-state index contributed by atoms with van der Waals surface area (Å²) in [4.78, 5) is 0. The molecule has 0 aliphatic rings. The van der Waals surface area contributed by atoms with Crippen LogP contribution in [0.15, 0.2) is 60.7 Å². The zero-order chi connectivity index (χ0) is 18.5. The molecule has 26 heavy (non-hydrogen) atoms. The minimum atomic E-state index is -0.302. The molecule has 3 aromatic carbocycles. The Kier molecular flexibility index (Phi) is 5.76. The smallest absolute Gasteiger partial charge is 0.138 e. The van der Waals surface area contributed by atoms with E-state index in [9.17, 15) is 4.39 Å². The molecule has 134 valence electrons. The van der Waals surface area contributed by atoms with Gasteiger partial charge in [0.2, 0.25) is 0 Å². The van der Waals surface area contributed by atoms with Gasteiger partial charge in [0.25, 0.3) is 0 Å². The van der Waals surface area contributed by atoms with Gasteiger partial charge in [-0.05, 0) is 23.8 Å². The first kappa shape index (κ1) is 18.2. The summed E-state index contributed by atoms with van der Waals surface area (Å²) in [6.45, 7) is 0.658. The number of ether oxygens (including phenoxy) is 2. The third kappa shape index (κ3) is 3.82. The van der Waals surface area contributed by atoms with E-state index >= 15 is 0 Å². The molecule has 0 unspecified atom stereocenters. The fourth-order valence-electron chi connectivity index (χ4n) is 2.78. The van der Waals surface area contributed by atoms with E-state index in [2.05, 4.69) is 0 Å². The third-order valence-corrected chi connectivity index (χ3v) is 4.38. The van der Waals surface area contributed by atoms with E-state index in [0.29, 0.717) is 34.2 Å². The van der Waals surface area contributed by atoms with Gasteiger partial charge >= 0.3 is 0 Å². The summed E-state index contributed by atoms with van der Waals surface area (Å²) in [6.07, 6.45) is 0. The molecule has 0 aliphatic heterocycles. The van der Waals surface area contributed by atoms with Crippen molar-refractivity contribution >= 4 is 11.6 Å². The summed E-state index contributed by atoms with van der Waals surface area (Å²) in [6, 6.07) is 17.6. The van der Waals surface area contributed by atoms with Gasteiger partial charge in [-0.3, -0.25) is 0 Å². The second-order valence-electron chi connectivity index (χ2n) is 5.74. The Morgan fingerprint density at radius 1 is 1.00 bits per heavy atom. The molecule has 0 aliphatic carbocycles. The van der Waals surface area contributed by atoms with Crippen LogP contribution in [0.5, 0.6) is 11.5 Å².